The number of ether oxygens (including phenoxy) is 1. The van der Waals surface area contributed by atoms with Gasteiger partial charge in [0.15, 0.2) is 0 Å². The first-order valence-electron chi connectivity index (χ1n) is 7.08. The predicted octanol–water partition coefficient (Wildman–Crippen LogP) is 3.84. The lowest BCUT2D eigenvalue weighted by atomic mass is 10.1. The summed E-state index contributed by atoms with van der Waals surface area (Å²) in [6, 6.07) is 20.6. The molecule has 0 amide bonds. The molecule has 1 unspecified atom stereocenters. The van der Waals surface area contributed by atoms with Crippen LogP contribution in [0.4, 0.5) is 0 Å². The van der Waals surface area contributed by atoms with Crippen molar-refractivity contribution in [3.63, 3.8) is 0 Å². The summed E-state index contributed by atoms with van der Waals surface area (Å²) in [5.74, 6) is 0. The minimum atomic E-state index is 0.0145. The van der Waals surface area contributed by atoms with E-state index in [1.165, 1.54) is 11.1 Å². The van der Waals surface area contributed by atoms with Gasteiger partial charge in [-0.2, -0.15) is 0 Å². The first-order valence-corrected chi connectivity index (χ1v) is 7.08. The van der Waals surface area contributed by atoms with Crippen molar-refractivity contribution in [2.75, 3.05) is 0 Å². The number of rotatable bonds is 6. The molecule has 3 heteroatoms. The van der Waals surface area contributed by atoms with Crippen molar-refractivity contribution in [3.05, 3.63) is 90.5 Å². The third kappa shape index (κ3) is 3.80. The third-order valence-electron chi connectivity index (χ3n) is 3.40. The first kappa shape index (κ1) is 13.6. The number of hydrogen-bond acceptors (Lipinski definition) is 2. The van der Waals surface area contributed by atoms with Crippen LogP contribution in [0.15, 0.2) is 79.4 Å². The van der Waals surface area contributed by atoms with Crippen LogP contribution in [0.2, 0.25) is 0 Å². The van der Waals surface area contributed by atoms with Crippen LogP contribution < -0.4 is 0 Å². The largest absolute Gasteiger partial charge is 0.367 e. The maximum Gasteiger partial charge on any atom is 0.101 e. The van der Waals surface area contributed by atoms with Crippen molar-refractivity contribution in [1.82, 2.24) is 9.55 Å². The molecular weight excluding hydrogens is 260 g/mol. The van der Waals surface area contributed by atoms with Crippen LogP contribution in [0, 0.1) is 0 Å². The zero-order chi connectivity index (χ0) is 14.3. The molecular formula is C18H18N2O. The number of aromatic nitrogens is 2. The highest BCUT2D eigenvalue weighted by Crippen LogP contribution is 2.21. The zero-order valence-electron chi connectivity index (χ0n) is 11.8. The molecule has 0 spiro atoms. The summed E-state index contributed by atoms with van der Waals surface area (Å²) in [5.41, 5.74) is 2.37. The van der Waals surface area contributed by atoms with E-state index >= 15 is 0 Å². The molecule has 1 heterocycles. The van der Waals surface area contributed by atoms with E-state index in [0.29, 0.717) is 6.61 Å². The predicted molar refractivity (Wildman–Crippen MR) is 82.6 cm³/mol. The second-order valence-corrected chi connectivity index (χ2v) is 4.96. The van der Waals surface area contributed by atoms with Gasteiger partial charge in [-0.05, 0) is 11.1 Å². The maximum atomic E-state index is 6.14. The molecule has 0 fully saturated rings. The maximum absolute atomic E-state index is 6.14. The monoisotopic (exact) mass is 278 g/mol. The average Bonchev–Trinajstić information content (AvgIpc) is 3.06. The van der Waals surface area contributed by atoms with Crippen molar-refractivity contribution in [3.8, 4) is 0 Å². The number of nitrogens with zero attached hydrogens (tertiary/aromatic N) is 2. The normalized spacial score (nSPS) is 12.2. The minimum absolute atomic E-state index is 0.0145. The summed E-state index contributed by atoms with van der Waals surface area (Å²) < 4.78 is 8.18. The Labute approximate surface area is 124 Å². The molecule has 3 aromatic rings. The standard InChI is InChI=1S/C18H18N2O/c1-3-7-16(8-4-1)14-21-18(13-20-12-11-19-15-20)17-9-5-2-6-10-17/h1-12,15,18H,13-14H2. The molecule has 0 aliphatic carbocycles. The first-order chi connectivity index (χ1) is 10.4. The van der Waals surface area contributed by atoms with Gasteiger partial charge in [0.2, 0.25) is 0 Å². The third-order valence-corrected chi connectivity index (χ3v) is 3.40. The van der Waals surface area contributed by atoms with E-state index in [9.17, 15) is 0 Å². The molecule has 21 heavy (non-hydrogen) atoms. The quantitative estimate of drug-likeness (QED) is 0.685. The molecule has 0 aliphatic rings. The smallest absolute Gasteiger partial charge is 0.101 e. The SMILES string of the molecule is c1ccc(COC(Cn2ccnc2)c2ccccc2)cc1. The summed E-state index contributed by atoms with van der Waals surface area (Å²) in [4.78, 5) is 4.09. The molecule has 0 saturated heterocycles. The van der Waals surface area contributed by atoms with Gasteiger partial charge in [-0.1, -0.05) is 60.7 Å². The fourth-order valence-electron chi connectivity index (χ4n) is 2.28. The molecule has 0 radical (unpaired) electrons. The topological polar surface area (TPSA) is 27.1 Å². The summed E-state index contributed by atoms with van der Waals surface area (Å²) >= 11 is 0. The van der Waals surface area contributed by atoms with E-state index in [1.54, 1.807) is 6.20 Å². The Bertz CT molecular complexity index is 636. The van der Waals surface area contributed by atoms with Gasteiger partial charge >= 0.3 is 0 Å². The molecule has 1 aromatic heterocycles. The van der Waals surface area contributed by atoms with E-state index in [4.69, 9.17) is 4.74 Å². The second kappa shape index (κ2) is 6.86. The highest BCUT2D eigenvalue weighted by molar-refractivity contribution is 5.18. The van der Waals surface area contributed by atoms with Crippen LogP contribution in [0.3, 0.4) is 0 Å². The van der Waals surface area contributed by atoms with Crippen molar-refractivity contribution < 1.29 is 4.74 Å². The van der Waals surface area contributed by atoms with Gasteiger partial charge in [-0.3, -0.25) is 0 Å². The molecule has 0 aliphatic heterocycles. The molecule has 0 N–H and O–H groups in total. The van der Waals surface area contributed by atoms with Gasteiger partial charge < -0.3 is 9.30 Å². The Morgan fingerprint density at radius 1 is 0.952 bits per heavy atom. The van der Waals surface area contributed by atoms with Crippen LogP contribution in [-0.2, 0) is 17.9 Å². The second-order valence-electron chi connectivity index (χ2n) is 4.96. The van der Waals surface area contributed by atoms with Crippen molar-refractivity contribution in [1.29, 1.82) is 0 Å². The van der Waals surface area contributed by atoms with Gasteiger partial charge in [0.25, 0.3) is 0 Å². The Kier molecular flexibility index (Phi) is 4.44. The summed E-state index contributed by atoms with van der Waals surface area (Å²) in [7, 11) is 0. The highest BCUT2D eigenvalue weighted by Gasteiger charge is 2.12. The molecule has 0 bridgehead atoms. The van der Waals surface area contributed by atoms with Crippen LogP contribution in [0.1, 0.15) is 17.2 Å². The van der Waals surface area contributed by atoms with Crippen LogP contribution in [0.25, 0.3) is 0 Å². The minimum Gasteiger partial charge on any atom is -0.367 e. The van der Waals surface area contributed by atoms with Crippen molar-refractivity contribution >= 4 is 0 Å². The number of imidazole rings is 1. The zero-order valence-corrected chi connectivity index (χ0v) is 11.8. The van der Waals surface area contributed by atoms with Crippen LogP contribution in [0.5, 0.6) is 0 Å². The van der Waals surface area contributed by atoms with Crippen molar-refractivity contribution in [2.24, 2.45) is 0 Å². The van der Waals surface area contributed by atoms with Gasteiger partial charge in [0, 0.05) is 12.4 Å². The molecule has 2 aromatic carbocycles. The Morgan fingerprint density at radius 3 is 2.33 bits per heavy atom. The highest BCUT2D eigenvalue weighted by atomic mass is 16.5. The summed E-state index contributed by atoms with van der Waals surface area (Å²) in [6.07, 6.45) is 5.59. The molecule has 1 atom stereocenters. The molecule has 3 nitrogen and oxygen atoms in total. The molecule has 0 saturated carbocycles. The lowest BCUT2D eigenvalue weighted by molar-refractivity contribution is 0.0280. The summed E-state index contributed by atoms with van der Waals surface area (Å²) in [5, 5.41) is 0. The number of hydrogen-bond donors (Lipinski definition) is 0. The van der Waals surface area contributed by atoms with E-state index in [2.05, 4.69) is 29.2 Å². The van der Waals surface area contributed by atoms with Crippen LogP contribution in [-0.4, -0.2) is 9.55 Å². The van der Waals surface area contributed by atoms with E-state index in [0.717, 1.165) is 6.54 Å². The Hall–Kier alpha value is -2.39. The lowest BCUT2D eigenvalue weighted by Crippen LogP contribution is -2.12. The fraction of sp³-hybridized carbons (Fsp3) is 0.167. The van der Waals surface area contributed by atoms with Gasteiger partial charge in [-0.15, -0.1) is 0 Å². The van der Waals surface area contributed by atoms with Crippen molar-refractivity contribution in [2.45, 2.75) is 19.3 Å². The fourth-order valence-corrected chi connectivity index (χ4v) is 2.28. The Balaban J connectivity index is 1.73. The van der Waals surface area contributed by atoms with E-state index in [1.807, 2.05) is 53.5 Å². The van der Waals surface area contributed by atoms with Crippen LogP contribution >= 0.6 is 0 Å². The van der Waals surface area contributed by atoms with E-state index in [-0.39, 0.29) is 6.10 Å². The van der Waals surface area contributed by atoms with Gasteiger partial charge in [0.05, 0.1) is 19.5 Å². The average molecular weight is 278 g/mol. The van der Waals surface area contributed by atoms with Gasteiger partial charge in [0.1, 0.15) is 6.10 Å². The van der Waals surface area contributed by atoms with E-state index < -0.39 is 0 Å². The summed E-state index contributed by atoms with van der Waals surface area (Å²) in [6.45, 7) is 1.37. The number of benzene rings is 2. The Morgan fingerprint density at radius 2 is 1.67 bits per heavy atom. The lowest BCUT2D eigenvalue weighted by Gasteiger charge is -2.19. The van der Waals surface area contributed by atoms with Gasteiger partial charge in [-0.25, -0.2) is 4.98 Å². The molecule has 106 valence electrons. The molecule has 3 rings (SSSR count).